The van der Waals surface area contributed by atoms with Gasteiger partial charge >= 0.3 is 0 Å². The standard InChI is InChI=1S/C23H28N6S4/c1-28-12-8-10-18(16-28)20-22(26-32-24-20)30-14-6-4-3-5-7-15-31-23-21(25-33-27-23)19-11-9-13-29(2)17-19/h8-13,16-17H,3-7,14-15H2,1-2H3/q+2. The molecule has 4 aromatic rings. The van der Waals surface area contributed by atoms with Crippen molar-refractivity contribution >= 4 is 47.0 Å². The van der Waals surface area contributed by atoms with Gasteiger partial charge in [0.15, 0.2) is 24.8 Å². The van der Waals surface area contributed by atoms with Crippen LogP contribution >= 0.6 is 47.0 Å². The highest BCUT2D eigenvalue weighted by molar-refractivity contribution is 7.99. The largest absolute Gasteiger partial charge is 0.207 e. The minimum Gasteiger partial charge on any atom is -0.207 e. The van der Waals surface area contributed by atoms with Crippen LogP contribution in [0.15, 0.2) is 59.1 Å². The molecule has 4 aromatic heterocycles. The summed E-state index contributed by atoms with van der Waals surface area (Å²) in [6.07, 6.45) is 14.5. The van der Waals surface area contributed by atoms with E-state index in [1.807, 2.05) is 50.0 Å². The zero-order valence-electron chi connectivity index (χ0n) is 18.9. The number of pyridine rings is 2. The van der Waals surface area contributed by atoms with Crippen molar-refractivity contribution < 1.29 is 9.13 Å². The van der Waals surface area contributed by atoms with Crippen molar-refractivity contribution in [2.75, 3.05) is 11.5 Å². The van der Waals surface area contributed by atoms with Crippen LogP contribution in [-0.4, -0.2) is 29.0 Å². The Morgan fingerprint density at radius 1 is 0.667 bits per heavy atom. The molecule has 4 heterocycles. The van der Waals surface area contributed by atoms with E-state index in [2.05, 4.69) is 63.3 Å². The molecule has 0 saturated heterocycles. The highest BCUT2D eigenvalue weighted by Gasteiger charge is 2.14. The number of hydrogen-bond acceptors (Lipinski definition) is 8. The Labute approximate surface area is 212 Å². The zero-order valence-corrected chi connectivity index (χ0v) is 22.2. The third-order valence-electron chi connectivity index (χ3n) is 5.11. The van der Waals surface area contributed by atoms with Gasteiger partial charge < -0.3 is 0 Å². The van der Waals surface area contributed by atoms with Gasteiger partial charge in [0.25, 0.3) is 0 Å². The van der Waals surface area contributed by atoms with Gasteiger partial charge in [-0.3, -0.25) is 0 Å². The third kappa shape index (κ3) is 7.05. The first kappa shape index (κ1) is 24.3. The molecule has 0 amide bonds. The maximum Gasteiger partial charge on any atom is 0.178 e. The fourth-order valence-corrected chi connectivity index (χ4v) is 6.80. The number of rotatable bonds is 12. The SMILES string of the molecule is C[n+]1cccc(-c2nsnc2SCCCCCCCSc2nsnc2-c2ccc[n+](C)c2)c1. The molecular formula is C23H28N6S4+2. The van der Waals surface area contributed by atoms with E-state index in [9.17, 15) is 0 Å². The Kier molecular flexibility index (Phi) is 9.22. The van der Waals surface area contributed by atoms with Gasteiger partial charge in [0, 0.05) is 12.1 Å². The van der Waals surface area contributed by atoms with Crippen LogP contribution in [0, 0.1) is 0 Å². The summed E-state index contributed by atoms with van der Waals surface area (Å²) in [5.74, 6) is 2.18. The lowest BCUT2D eigenvalue weighted by Gasteiger charge is -2.03. The molecule has 0 aromatic carbocycles. The Morgan fingerprint density at radius 2 is 1.12 bits per heavy atom. The summed E-state index contributed by atoms with van der Waals surface area (Å²) >= 11 is 6.26. The highest BCUT2D eigenvalue weighted by atomic mass is 32.2. The van der Waals surface area contributed by atoms with E-state index < -0.39 is 0 Å². The molecule has 0 radical (unpaired) electrons. The van der Waals surface area contributed by atoms with Crippen LogP contribution in [0.1, 0.15) is 32.1 Å². The molecular weight excluding hydrogens is 489 g/mol. The summed E-state index contributed by atoms with van der Waals surface area (Å²) in [6.45, 7) is 0. The summed E-state index contributed by atoms with van der Waals surface area (Å²) in [6, 6.07) is 8.30. The molecule has 0 atom stereocenters. The molecule has 0 N–H and O–H groups in total. The molecule has 0 unspecified atom stereocenters. The summed E-state index contributed by atoms with van der Waals surface area (Å²) in [5.41, 5.74) is 4.29. The molecule has 6 nitrogen and oxygen atoms in total. The first-order chi connectivity index (χ1) is 16.2. The predicted molar refractivity (Wildman–Crippen MR) is 138 cm³/mol. The van der Waals surface area contributed by atoms with E-state index in [0.29, 0.717) is 0 Å². The maximum absolute atomic E-state index is 4.51. The quantitative estimate of drug-likeness (QED) is 0.146. The number of unbranched alkanes of at least 4 members (excludes halogenated alkanes) is 4. The second kappa shape index (κ2) is 12.5. The third-order valence-corrected chi connectivity index (χ3v) is 8.50. The topological polar surface area (TPSA) is 59.3 Å². The van der Waals surface area contributed by atoms with E-state index in [-0.39, 0.29) is 0 Å². The van der Waals surface area contributed by atoms with Crippen LogP contribution < -0.4 is 9.13 Å². The van der Waals surface area contributed by atoms with Crippen molar-refractivity contribution in [3.05, 3.63) is 49.1 Å². The van der Waals surface area contributed by atoms with Crippen molar-refractivity contribution in [1.29, 1.82) is 0 Å². The number of aryl methyl sites for hydroxylation is 2. The lowest BCUT2D eigenvalue weighted by atomic mass is 10.2. The van der Waals surface area contributed by atoms with Gasteiger partial charge in [-0.2, -0.15) is 17.5 Å². The van der Waals surface area contributed by atoms with Crippen LogP contribution in [0.2, 0.25) is 0 Å². The Morgan fingerprint density at radius 3 is 1.58 bits per heavy atom. The van der Waals surface area contributed by atoms with E-state index >= 15 is 0 Å². The molecule has 10 heteroatoms. The lowest BCUT2D eigenvalue weighted by Crippen LogP contribution is -2.26. The minimum atomic E-state index is 1.01. The average Bonchev–Trinajstić information content (AvgIpc) is 3.47. The first-order valence-electron chi connectivity index (χ1n) is 11.0. The van der Waals surface area contributed by atoms with Crippen molar-refractivity contribution in [2.45, 2.75) is 42.2 Å². The molecule has 0 spiro atoms. The Bertz CT molecular complexity index is 1070. The lowest BCUT2D eigenvalue weighted by molar-refractivity contribution is -0.671. The molecule has 0 aliphatic rings. The van der Waals surface area contributed by atoms with Gasteiger partial charge in [0.1, 0.15) is 35.5 Å². The predicted octanol–water partition coefficient (Wildman–Crippen LogP) is 5.21. The molecule has 0 fully saturated rings. The van der Waals surface area contributed by atoms with Crippen LogP contribution in [0.3, 0.4) is 0 Å². The maximum atomic E-state index is 4.51. The van der Waals surface area contributed by atoms with Gasteiger partial charge in [-0.25, -0.2) is 9.13 Å². The van der Waals surface area contributed by atoms with Crippen LogP contribution in [-0.2, 0) is 14.1 Å². The van der Waals surface area contributed by atoms with Crippen LogP contribution in [0.4, 0.5) is 0 Å². The van der Waals surface area contributed by atoms with Gasteiger partial charge in [-0.15, -0.1) is 23.5 Å². The summed E-state index contributed by atoms with van der Waals surface area (Å²) in [4.78, 5) is 0. The molecule has 0 aliphatic heterocycles. The molecule has 33 heavy (non-hydrogen) atoms. The number of aromatic nitrogens is 6. The minimum absolute atomic E-state index is 1.01. The number of thioether (sulfide) groups is 2. The van der Waals surface area contributed by atoms with E-state index in [0.717, 1.165) is 44.1 Å². The fourth-order valence-electron chi connectivity index (χ4n) is 3.43. The number of nitrogens with zero attached hydrogens (tertiary/aromatic N) is 6. The molecule has 0 saturated carbocycles. The van der Waals surface area contributed by atoms with Crippen LogP contribution in [0.25, 0.3) is 22.5 Å². The van der Waals surface area contributed by atoms with Crippen molar-refractivity contribution in [2.24, 2.45) is 14.1 Å². The van der Waals surface area contributed by atoms with Gasteiger partial charge in [-0.05, 0) is 36.5 Å². The van der Waals surface area contributed by atoms with E-state index in [4.69, 9.17) is 0 Å². The van der Waals surface area contributed by atoms with Crippen molar-refractivity contribution in [3.63, 3.8) is 0 Å². The molecule has 172 valence electrons. The number of hydrogen-bond donors (Lipinski definition) is 0. The average molecular weight is 517 g/mol. The molecule has 4 rings (SSSR count). The van der Waals surface area contributed by atoms with Crippen molar-refractivity contribution in [1.82, 2.24) is 17.5 Å². The second-order valence-electron chi connectivity index (χ2n) is 7.82. The fraction of sp³-hybridized carbons (Fsp3) is 0.391. The van der Waals surface area contributed by atoms with E-state index in [1.165, 1.54) is 55.6 Å². The van der Waals surface area contributed by atoms with Gasteiger partial charge in [0.2, 0.25) is 0 Å². The zero-order chi connectivity index (χ0) is 22.9. The summed E-state index contributed by atoms with van der Waals surface area (Å²) in [7, 11) is 4.06. The van der Waals surface area contributed by atoms with Gasteiger partial charge in [-0.1, -0.05) is 19.3 Å². The normalized spacial score (nSPS) is 11.2. The van der Waals surface area contributed by atoms with E-state index in [1.54, 1.807) is 0 Å². The second-order valence-corrected chi connectivity index (χ2v) is 11.0. The smallest absolute Gasteiger partial charge is 0.178 e. The van der Waals surface area contributed by atoms with Crippen molar-refractivity contribution in [3.8, 4) is 22.5 Å². The van der Waals surface area contributed by atoms with Gasteiger partial charge in [0.05, 0.1) is 34.6 Å². The Hall–Kier alpha value is -1.88. The first-order valence-corrected chi connectivity index (χ1v) is 14.5. The monoisotopic (exact) mass is 516 g/mol. The molecule has 0 aliphatic carbocycles. The van der Waals surface area contributed by atoms with Crippen LogP contribution in [0.5, 0.6) is 0 Å². The summed E-state index contributed by atoms with van der Waals surface area (Å²) in [5, 5.41) is 2.12. The summed E-state index contributed by atoms with van der Waals surface area (Å²) < 4.78 is 22.1. The highest BCUT2D eigenvalue weighted by Crippen LogP contribution is 2.31. The Balaban J connectivity index is 1.12. The molecule has 0 bridgehead atoms.